The average Bonchev–Trinajstić information content (AvgIpc) is 2.54. The van der Waals surface area contributed by atoms with Crippen molar-refractivity contribution in [3.8, 4) is 11.5 Å². The SMILES string of the molecule is CCOc1ccc2scc(O)c2c1F. The number of fused-ring (bicyclic) bond motifs is 1. The Labute approximate surface area is 84.6 Å². The summed E-state index contributed by atoms with van der Waals surface area (Å²) >= 11 is 1.31. The van der Waals surface area contributed by atoms with Crippen molar-refractivity contribution in [1.29, 1.82) is 0 Å². The summed E-state index contributed by atoms with van der Waals surface area (Å²) in [5, 5.41) is 11.2. The summed E-state index contributed by atoms with van der Waals surface area (Å²) in [5.74, 6) is -0.319. The molecule has 2 aromatic rings. The maximum atomic E-state index is 13.7. The summed E-state index contributed by atoms with van der Waals surface area (Å²) in [6.45, 7) is 2.20. The first kappa shape index (κ1) is 9.27. The van der Waals surface area contributed by atoms with Crippen LogP contribution < -0.4 is 4.74 Å². The average molecular weight is 212 g/mol. The molecule has 1 aromatic heterocycles. The first-order chi connectivity index (χ1) is 6.74. The smallest absolute Gasteiger partial charge is 0.177 e. The number of halogens is 1. The van der Waals surface area contributed by atoms with Gasteiger partial charge in [0, 0.05) is 10.1 Å². The van der Waals surface area contributed by atoms with Crippen molar-refractivity contribution in [1.82, 2.24) is 0 Å². The molecule has 0 aliphatic carbocycles. The fraction of sp³-hybridized carbons (Fsp3) is 0.200. The van der Waals surface area contributed by atoms with Gasteiger partial charge in [0.25, 0.3) is 0 Å². The van der Waals surface area contributed by atoms with Crippen molar-refractivity contribution in [2.45, 2.75) is 6.92 Å². The van der Waals surface area contributed by atoms with Gasteiger partial charge in [-0.25, -0.2) is 4.39 Å². The van der Waals surface area contributed by atoms with Gasteiger partial charge in [-0.15, -0.1) is 11.3 Å². The summed E-state index contributed by atoms with van der Waals surface area (Å²) in [4.78, 5) is 0. The van der Waals surface area contributed by atoms with Crippen LogP contribution in [0.15, 0.2) is 17.5 Å². The molecule has 0 radical (unpaired) electrons. The highest BCUT2D eigenvalue weighted by Crippen LogP contribution is 2.36. The third-order valence-corrected chi connectivity index (χ3v) is 2.86. The predicted molar refractivity (Wildman–Crippen MR) is 54.6 cm³/mol. The first-order valence-corrected chi connectivity index (χ1v) is 5.13. The minimum Gasteiger partial charge on any atom is -0.506 e. The van der Waals surface area contributed by atoms with Gasteiger partial charge in [-0.2, -0.15) is 0 Å². The Balaban J connectivity index is 2.66. The van der Waals surface area contributed by atoms with Crippen molar-refractivity contribution >= 4 is 21.4 Å². The molecule has 1 heterocycles. The number of hydrogen-bond donors (Lipinski definition) is 1. The molecule has 0 spiro atoms. The largest absolute Gasteiger partial charge is 0.506 e. The number of aromatic hydroxyl groups is 1. The van der Waals surface area contributed by atoms with E-state index in [1.54, 1.807) is 19.1 Å². The van der Waals surface area contributed by atoms with Gasteiger partial charge in [-0.05, 0) is 19.1 Å². The van der Waals surface area contributed by atoms with E-state index in [1.165, 1.54) is 16.7 Å². The van der Waals surface area contributed by atoms with E-state index in [0.717, 1.165) is 4.70 Å². The Bertz CT molecular complexity index is 464. The van der Waals surface area contributed by atoms with Crippen LogP contribution in [0.3, 0.4) is 0 Å². The normalized spacial score (nSPS) is 10.7. The molecule has 14 heavy (non-hydrogen) atoms. The van der Waals surface area contributed by atoms with E-state index in [9.17, 15) is 9.50 Å². The van der Waals surface area contributed by atoms with Crippen molar-refractivity contribution in [2.75, 3.05) is 6.61 Å². The molecule has 0 unspecified atom stereocenters. The molecule has 0 bridgehead atoms. The maximum absolute atomic E-state index is 13.7. The molecule has 0 amide bonds. The van der Waals surface area contributed by atoms with Crippen LogP contribution in [0.25, 0.3) is 10.1 Å². The van der Waals surface area contributed by atoms with Crippen molar-refractivity contribution in [3.63, 3.8) is 0 Å². The van der Waals surface area contributed by atoms with Gasteiger partial charge in [0.15, 0.2) is 11.6 Å². The number of rotatable bonds is 2. The van der Waals surface area contributed by atoms with Gasteiger partial charge in [0.1, 0.15) is 5.75 Å². The van der Waals surface area contributed by atoms with E-state index in [4.69, 9.17) is 4.74 Å². The second-order valence-electron chi connectivity index (χ2n) is 2.80. The Hall–Kier alpha value is -1.29. The molecule has 0 fully saturated rings. The van der Waals surface area contributed by atoms with Crippen LogP contribution in [0.4, 0.5) is 4.39 Å². The molecule has 1 N–H and O–H groups in total. The lowest BCUT2D eigenvalue weighted by Crippen LogP contribution is -1.94. The topological polar surface area (TPSA) is 29.5 Å². The third-order valence-electron chi connectivity index (χ3n) is 1.92. The summed E-state index contributed by atoms with van der Waals surface area (Å²) in [6, 6.07) is 3.32. The quantitative estimate of drug-likeness (QED) is 0.828. The minimum absolute atomic E-state index is 0.0240. The van der Waals surface area contributed by atoms with Gasteiger partial charge in [0.05, 0.1) is 12.0 Å². The maximum Gasteiger partial charge on any atom is 0.177 e. The second kappa shape index (κ2) is 3.46. The molecule has 0 aliphatic heterocycles. The minimum atomic E-state index is -0.483. The molecule has 74 valence electrons. The molecule has 0 atom stereocenters. The van der Waals surface area contributed by atoms with Crippen LogP contribution in [0.2, 0.25) is 0 Å². The number of hydrogen-bond acceptors (Lipinski definition) is 3. The van der Waals surface area contributed by atoms with Crippen LogP contribution in [-0.2, 0) is 0 Å². The van der Waals surface area contributed by atoms with E-state index < -0.39 is 5.82 Å². The summed E-state index contributed by atoms with van der Waals surface area (Å²) in [5.41, 5.74) is 0. The molecule has 0 saturated carbocycles. The lowest BCUT2D eigenvalue weighted by molar-refractivity contribution is 0.323. The highest BCUT2D eigenvalue weighted by molar-refractivity contribution is 7.17. The summed E-state index contributed by atoms with van der Waals surface area (Å²) < 4.78 is 19.5. The van der Waals surface area contributed by atoms with Gasteiger partial charge in [-0.1, -0.05) is 0 Å². The van der Waals surface area contributed by atoms with Crippen LogP contribution in [-0.4, -0.2) is 11.7 Å². The molecule has 1 aromatic carbocycles. The second-order valence-corrected chi connectivity index (χ2v) is 3.72. The fourth-order valence-corrected chi connectivity index (χ4v) is 2.14. The van der Waals surface area contributed by atoms with Crippen LogP contribution in [0, 0.1) is 5.82 Å². The van der Waals surface area contributed by atoms with Crippen LogP contribution >= 0.6 is 11.3 Å². The van der Waals surface area contributed by atoms with E-state index in [2.05, 4.69) is 0 Å². The molecule has 2 nitrogen and oxygen atoms in total. The Morgan fingerprint density at radius 3 is 3.00 bits per heavy atom. The molecular formula is C10H9FO2S. The number of benzene rings is 1. The Morgan fingerprint density at radius 1 is 1.50 bits per heavy atom. The molecule has 4 heteroatoms. The van der Waals surface area contributed by atoms with E-state index in [-0.39, 0.29) is 16.9 Å². The Morgan fingerprint density at radius 2 is 2.29 bits per heavy atom. The van der Waals surface area contributed by atoms with Gasteiger partial charge < -0.3 is 9.84 Å². The Kier molecular flexibility index (Phi) is 2.29. The van der Waals surface area contributed by atoms with E-state index in [1.807, 2.05) is 0 Å². The zero-order valence-electron chi connectivity index (χ0n) is 7.58. The predicted octanol–water partition coefficient (Wildman–Crippen LogP) is 3.14. The van der Waals surface area contributed by atoms with Crippen molar-refractivity contribution in [3.05, 3.63) is 23.3 Å². The monoisotopic (exact) mass is 212 g/mol. The van der Waals surface area contributed by atoms with Crippen LogP contribution in [0.1, 0.15) is 6.92 Å². The zero-order chi connectivity index (χ0) is 10.1. The number of thiophene rings is 1. The van der Waals surface area contributed by atoms with Gasteiger partial charge in [-0.3, -0.25) is 0 Å². The van der Waals surface area contributed by atoms with Gasteiger partial charge in [0.2, 0.25) is 0 Å². The highest BCUT2D eigenvalue weighted by atomic mass is 32.1. The fourth-order valence-electron chi connectivity index (χ4n) is 1.32. The lowest BCUT2D eigenvalue weighted by atomic mass is 10.2. The number of ether oxygens (including phenoxy) is 1. The van der Waals surface area contributed by atoms with Crippen LogP contribution in [0.5, 0.6) is 11.5 Å². The van der Waals surface area contributed by atoms with Gasteiger partial charge >= 0.3 is 0 Å². The standard InChI is InChI=1S/C10H9FO2S/c1-2-13-7-3-4-8-9(10(7)11)6(12)5-14-8/h3-5,12H,2H2,1H3. The first-order valence-electron chi connectivity index (χ1n) is 4.25. The molecular weight excluding hydrogens is 203 g/mol. The van der Waals surface area contributed by atoms with E-state index >= 15 is 0 Å². The summed E-state index contributed by atoms with van der Waals surface area (Å²) in [7, 11) is 0. The lowest BCUT2D eigenvalue weighted by Gasteiger charge is -2.04. The zero-order valence-corrected chi connectivity index (χ0v) is 8.40. The molecule has 0 aliphatic rings. The summed E-state index contributed by atoms with van der Waals surface area (Å²) in [6.07, 6.45) is 0. The van der Waals surface area contributed by atoms with Crippen molar-refractivity contribution in [2.24, 2.45) is 0 Å². The molecule has 0 saturated heterocycles. The third kappa shape index (κ3) is 1.32. The van der Waals surface area contributed by atoms with E-state index in [0.29, 0.717) is 6.61 Å². The highest BCUT2D eigenvalue weighted by Gasteiger charge is 2.13. The molecule has 2 rings (SSSR count). The van der Waals surface area contributed by atoms with Crippen molar-refractivity contribution < 1.29 is 14.2 Å².